The van der Waals surface area contributed by atoms with Crippen molar-refractivity contribution in [3.8, 4) is 0 Å². The van der Waals surface area contributed by atoms with Gasteiger partial charge in [0.25, 0.3) is 0 Å². The van der Waals surface area contributed by atoms with E-state index in [0.29, 0.717) is 6.61 Å². The van der Waals surface area contributed by atoms with E-state index >= 15 is 0 Å². The second kappa shape index (κ2) is 3.44. The third-order valence-corrected chi connectivity index (χ3v) is 1.58. The summed E-state index contributed by atoms with van der Waals surface area (Å²) in [6, 6.07) is 0. The topological polar surface area (TPSA) is 35.5 Å². The van der Waals surface area contributed by atoms with Crippen LogP contribution in [-0.4, -0.2) is 18.9 Å². The maximum absolute atomic E-state index is 10.6. The summed E-state index contributed by atoms with van der Waals surface area (Å²) in [5, 5.41) is 0. The van der Waals surface area contributed by atoms with E-state index in [2.05, 4.69) is 4.74 Å². The molecule has 3 nitrogen and oxygen atoms in total. The van der Waals surface area contributed by atoms with Crippen LogP contribution in [0.4, 0.5) is 4.79 Å². The lowest BCUT2D eigenvalue weighted by atomic mass is 9.96. The summed E-state index contributed by atoms with van der Waals surface area (Å²) in [6.07, 6.45) is 2.79. The number of hydrogen-bond acceptors (Lipinski definition) is 3. The van der Waals surface area contributed by atoms with Crippen LogP contribution in [-0.2, 0) is 9.47 Å². The van der Waals surface area contributed by atoms with Crippen molar-refractivity contribution >= 4 is 6.16 Å². The molecule has 0 saturated heterocycles. The molecule has 1 rings (SSSR count). The van der Waals surface area contributed by atoms with Gasteiger partial charge < -0.3 is 9.47 Å². The highest BCUT2D eigenvalue weighted by Crippen LogP contribution is 2.22. The molecule has 3 heteroatoms. The van der Waals surface area contributed by atoms with Gasteiger partial charge in [-0.15, -0.1) is 0 Å². The minimum atomic E-state index is -0.521. The minimum Gasteiger partial charge on any atom is -0.435 e. The average molecular weight is 144 g/mol. The summed E-state index contributed by atoms with van der Waals surface area (Å²) < 4.78 is 9.45. The zero-order valence-electron chi connectivity index (χ0n) is 6.13. The van der Waals surface area contributed by atoms with Crippen LogP contribution in [0.2, 0.25) is 0 Å². The van der Waals surface area contributed by atoms with Crippen molar-refractivity contribution in [2.24, 2.45) is 0 Å². The Bertz CT molecular complexity index is 118. The van der Waals surface area contributed by atoms with Crippen LogP contribution in [0.5, 0.6) is 0 Å². The van der Waals surface area contributed by atoms with E-state index in [-0.39, 0.29) is 6.10 Å². The molecule has 1 aliphatic rings. The predicted octanol–water partition coefficient (Wildman–Crippen LogP) is 1.71. The van der Waals surface area contributed by atoms with Crippen LogP contribution in [0, 0.1) is 0 Å². The zero-order chi connectivity index (χ0) is 7.40. The molecule has 0 N–H and O–H groups in total. The molecule has 58 valence electrons. The zero-order valence-corrected chi connectivity index (χ0v) is 6.13. The summed E-state index contributed by atoms with van der Waals surface area (Å²) in [5.41, 5.74) is 0. The van der Waals surface area contributed by atoms with Gasteiger partial charge in [0.05, 0.1) is 6.61 Å². The first-order chi connectivity index (χ1) is 4.83. The molecule has 0 radical (unpaired) electrons. The van der Waals surface area contributed by atoms with E-state index < -0.39 is 6.16 Å². The number of carbonyl (C=O) groups is 1. The van der Waals surface area contributed by atoms with Crippen molar-refractivity contribution in [3.05, 3.63) is 0 Å². The molecule has 0 aromatic rings. The fraction of sp³-hybridized carbons (Fsp3) is 0.857. The van der Waals surface area contributed by atoms with Gasteiger partial charge in [0.15, 0.2) is 0 Å². The molecule has 1 saturated carbocycles. The first-order valence-electron chi connectivity index (χ1n) is 3.66. The Balaban J connectivity index is 2.05. The van der Waals surface area contributed by atoms with E-state index in [1.807, 2.05) is 0 Å². The average Bonchev–Trinajstić information content (AvgIpc) is 1.80. The second-order valence-corrected chi connectivity index (χ2v) is 2.35. The second-order valence-electron chi connectivity index (χ2n) is 2.35. The number of hydrogen-bond donors (Lipinski definition) is 0. The molecule has 1 fully saturated rings. The van der Waals surface area contributed by atoms with Crippen LogP contribution in [0.25, 0.3) is 0 Å². The molecule has 0 aliphatic heterocycles. The Labute approximate surface area is 60.3 Å². The lowest BCUT2D eigenvalue weighted by Crippen LogP contribution is -2.25. The summed E-state index contributed by atoms with van der Waals surface area (Å²) in [6.45, 7) is 2.16. The third kappa shape index (κ3) is 1.90. The van der Waals surface area contributed by atoms with Crippen molar-refractivity contribution < 1.29 is 14.3 Å². The Kier molecular flexibility index (Phi) is 2.54. The fourth-order valence-corrected chi connectivity index (χ4v) is 0.777. The highest BCUT2D eigenvalue weighted by atomic mass is 16.7. The monoisotopic (exact) mass is 144 g/mol. The SMILES string of the molecule is CCOC(=O)OC1CCC1. The van der Waals surface area contributed by atoms with Gasteiger partial charge in [0.1, 0.15) is 6.10 Å². The molecule has 0 aromatic carbocycles. The fourth-order valence-electron chi connectivity index (χ4n) is 0.777. The van der Waals surface area contributed by atoms with Crippen LogP contribution < -0.4 is 0 Å². The highest BCUT2D eigenvalue weighted by molar-refractivity contribution is 5.60. The van der Waals surface area contributed by atoms with Gasteiger partial charge in [-0.3, -0.25) is 0 Å². The quantitative estimate of drug-likeness (QED) is 0.553. The van der Waals surface area contributed by atoms with E-state index in [1.54, 1.807) is 6.92 Å². The van der Waals surface area contributed by atoms with E-state index in [4.69, 9.17) is 4.74 Å². The lowest BCUT2D eigenvalue weighted by Gasteiger charge is -2.24. The van der Waals surface area contributed by atoms with E-state index in [0.717, 1.165) is 12.8 Å². The summed E-state index contributed by atoms with van der Waals surface area (Å²) in [7, 11) is 0. The first-order valence-corrected chi connectivity index (χ1v) is 3.66. The molecule has 0 amide bonds. The molecular weight excluding hydrogens is 132 g/mol. The number of ether oxygens (including phenoxy) is 2. The summed E-state index contributed by atoms with van der Waals surface area (Å²) in [5.74, 6) is 0. The van der Waals surface area contributed by atoms with Crippen LogP contribution >= 0.6 is 0 Å². The van der Waals surface area contributed by atoms with E-state index in [1.165, 1.54) is 6.42 Å². The first kappa shape index (κ1) is 7.38. The van der Waals surface area contributed by atoms with Crippen molar-refractivity contribution in [2.45, 2.75) is 32.3 Å². The predicted molar refractivity (Wildman–Crippen MR) is 35.7 cm³/mol. The molecule has 10 heavy (non-hydrogen) atoms. The molecule has 0 heterocycles. The minimum absolute atomic E-state index is 0.138. The van der Waals surface area contributed by atoms with Gasteiger partial charge >= 0.3 is 6.16 Å². The van der Waals surface area contributed by atoms with Crippen molar-refractivity contribution in [3.63, 3.8) is 0 Å². The van der Waals surface area contributed by atoms with E-state index in [9.17, 15) is 4.79 Å². The van der Waals surface area contributed by atoms with Gasteiger partial charge in [-0.05, 0) is 26.2 Å². The van der Waals surface area contributed by atoms with Crippen molar-refractivity contribution in [2.75, 3.05) is 6.61 Å². The molecule has 0 spiro atoms. The van der Waals surface area contributed by atoms with Gasteiger partial charge in [0.2, 0.25) is 0 Å². The molecule has 0 atom stereocenters. The van der Waals surface area contributed by atoms with Gasteiger partial charge in [0, 0.05) is 0 Å². The Morgan fingerprint density at radius 1 is 1.60 bits per heavy atom. The van der Waals surface area contributed by atoms with Gasteiger partial charge in [-0.2, -0.15) is 0 Å². The number of carbonyl (C=O) groups excluding carboxylic acids is 1. The Morgan fingerprint density at radius 2 is 2.30 bits per heavy atom. The van der Waals surface area contributed by atoms with Gasteiger partial charge in [-0.1, -0.05) is 0 Å². The van der Waals surface area contributed by atoms with Crippen molar-refractivity contribution in [1.29, 1.82) is 0 Å². The smallest absolute Gasteiger partial charge is 0.435 e. The highest BCUT2D eigenvalue weighted by Gasteiger charge is 2.21. The molecule has 0 unspecified atom stereocenters. The molecule has 1 aliphatic carbocycles. The van der Waals surface area contributed by atoms with Crippen LogP contribution in [0.3, 0.4) is 0 Å². The largest absolute Gasteiger partial charge is 0.508 e. The maximum atomic E-state index is 10.6. The van der Waals surface area contributed by atoms with Gasteiger partial charge in [-0.25, -0.2) is 4.79 Å². The molecular formula is C7H12O3. The summed E-state index contributed by atoms with van der Waals surface area (Å²) in [4.78, 5) is 10.6. The normalized spacial score (nSPS) is 17.7. The standard InChI is InChI=1S/C7H12O3/c1-2-9-7(8)10-6-4-3-5-6/h6H,2-5H2,1H3. The van der Waals surface area contributed by atoms with Crippen LogP contribution in [0.1, 0.15) is 26.2 Å². The third-order valence-electron chi connectivity index (χ3n) is 1.58. The summed E-state index contributed by atoms with van der Waals surface area (Å²) >= 11 is 0. The number of rotatable bonds is 2. The lowest BCUT2D eigenvalue weighted by molar-refractivity contribution is -0.00165. The maximum Gasteiger partial charge on any atom is 0.508 e. The molecule has 0 bridgehead atoms. The van der Waals surface area contributed by atoms with Crippen molar-refractivity contribution in [1.82, 2.24) is 0 Å². The Morgan fingerprint density at radius 3 is 2.70 bits per heavy atom. The Hall–Kier alpha value is -0.730. The molecule has 0 aromatic heterocycles. The van der Waals surface area contributed by atoms with Crippen LogP contribution in [0.15, 0.2) is 0 Å².